The predicted molar refractivity (Wildman–Crippen MR) is 42.6 cm³/mol. The minimum Gasteiger partial charge on any atom is -0.453 e. The fourth-order valence-corrected chi connectivity index (χ4v) is 0.629. The van der Waals surface area contributed by atoms with E-state index in [4.69, 9.17) is 0 Å². The van der Waals surface area contributed by atoms with E-state index in [2.05, 4.69) is 14.9 Å². The molecule has 1 amide bonds. The van der Waals surface area contributed by atoms with E-state index in [0.29, 0.717) is 19.4 Å². The first-order chi connectivity index (χ1) is 6.16. The van der Waals surface area contributed by atoms with Crippen molar-refractivity contribution in [3.8, 4) is 0 Å². The molecule has 76 valence electrons. The lowest BCUT2D eigenvalue weighted by molar-refractivity contribution is -0.757. The van der Waals surface area contributed by atoms with E-state index in [9.17, 15) is 14.9 Å². The average Bonchev–Trinajstić information content (AvgIpc) is 2.10. The number of hydrogen-bond donors (Lipinski definition) is 1. The molecule has 0 radical (unpaired) electrons. The van der Waals surface area contributed by atoms with Crippen molar-refractivity contribution in [1.82, 2.24) is 5.32 Å². The zero-order valence-corrected chi connectivity index (χ0v) is 7.32. The van der Waals surface area contributed by atoms with Gasteiger partial charge in [-0.15, -0.1) is 10.1 Å². The lowest BCUT2D eigenvalue weighted by atomic mass is 10.3. The van der Waals surface area contributed by atoms with Crippen LogP contribution in [-0.2, 0) is 9.57 Å². The van der Waals surface area contributed by atoms with Crippen LogP contribution in [0.1, 0.15) is 12.8 Å². The van der Waals surface area contributed by atoms with E-state index in [1.54, 1.807) is 0 Å². The first kappa shape index (κ1) is 11.5. The Labute approximate surface area is 75.1 Å². The SMILES string of the molecule is COC(=O)NCCCCO[N+](=O)[O-]. The number of nitrogens with one attached hydrogen (secondary N) is 1. The van der Waals surface area contributed by atoms with Crippen LogP contribution >= 0.6 is 0 Å². The highest BCUT2D eigenvalue weighted by atomic mass is 16.9. The molecular formula is C6H12N2O5. The zero-order valence-electron chi connectivity index (χ0n) is 7.32. The summed E-state index contributed by atoms with van der Waals surface area (Å²) in [5.74, 6) is 0. The van der Waals surface area contributed by atoms with Crippen molar-refractivity contribution >= 4 is 6.09 Å². The maximum atomic E-state index is 10.5. The van der Waals surface area contributed by atoms with Crippen molar-refractivity contribution in [2.45, 2.75) is 12.8 Å². The minimum atomic E-state index is -0.840. The highest BCUT2D eigenvalue weighted by Gasteiger charge is 1.97. The van der Waals surface area contributed by atoms with Crippen LogP contribution in [0.5, 0.6) is 0 Å². The standard InChI is InChI=1S/C6H12N2O5/c1-12-6(9)7-4-2-3-5-13-8(10)11/h2-5H2,1H3,(H,7,9). The number of amides is 1. The van der Waals surface area contributed by atoms with E-state index in [0.717, 1.165) is 0 Å². The first-order valence-electron chi connectivity index (χ1n) is 3.76. The summed E-state index contributed by atoms with van der Waals surface area (Å²) < 4.78 is 4.31. The van der Waals surface area contributed by atoms with E-state index >= 15 is 0 Å². The lowest BCUT2D eigenvalue weighted by Gasteiger charge is -2.02. The summed E-state index contributed by atoms with van der Waals surface area (Å²) in [4.78, 5) is 24.2. The summed E-state index contributed by atoms with van der Waals surface area (Å²) in [5, 5.41) is 11.3. The molecule has 0 aromatic rings. The average molecular weight is 192 g/mol. The van der Waals surface area contributed by atoms with Crippen LogP contribution in [0, 0.1) is 10.1 Å². The van der Waals surface area contributed by atoms with Crippen LogP contribution in [0.2, 0.25) is 0 Å². The number of ether oxygens (including phenoxy) is 1. The van der Waals surface area contributed by atoms with Gasteiger partial charge in [0.2, 0.25) is 0 Å². The molecule has 0 aromatic heterocycles. The summed E-state index contributed by atoms with van der Waals surface area (Å²) in [7, 11) is 1.27. The zero-order chi connectivity index (χ0) is 10.1. The second kappa shape index (κ2) is 7.14. The molecule has 0 rings (SSSR count). The number of alkyl carbamates (subject to hydrolysis) is 1. The van der Waals surface area contributed by atoms with Crippen LogP contribution in [0.15, 0.2) is 0 Å². The fourth-order valence-electron chi connectivity index (χ4n) is 0.629. The van der Waals surface area contributed by atoms with Gasteiger partial charge in [-0.1, -0.05) is 0 Å². The molecule has 0 unspecified atom stereocenters. The van der Waals surface area contributed by atoms with Crippen molar-refractivity contribution in [3.63, 3.8) is 0 Å². The van der Waals surface area contributed by atoms with E-state index < -0.39 is 11.2 Å². The van der Waals surface area contributed by atoms with Crippen LogP contribution in [0.25, 0.3) is 0 Å². The molecule has 0 aliphatic carbocycles. The second-order valence-corrected chi connectivity index (χ2v) is 2.18. The molecule has 0 fully saturated rings. The van der Waals surface area contributed by atoms with Gasteiger partial charge in [0.05, 0.1) is 13.7 Å². The lowest BCUT2D eigenvalue weighted by Crippen LogP contribution is -2.24. The van der Waals surface area contributed by atoms with Gasteiger partial charge in [0.25, 0.3) is 5.09 Å². The summed E-state index contributed by atoms with van der Waals surface area (Å²) in [6, 6.07) is 0. The van der Waals surface area contributed by atoms with Gasteiger partial charge in [-0.05, 0) is 12.8 Å². The number of hydrogen-bond acceptors (Lipinski definition) is 5. The summed E-state index contributed by atoms with van der Waals surface area (Å²) in [6.45, 7) is 0.476. The number of nitrogens with zero attached hydrogens (tertiary/aromatic N) is 1. The van der Waals surface area contributed by atoms with Crippen molar-refractivity contribution in [2.75, 3.05) is 20.3 Å². The Kier molecular flexibility index (Phi) is 6.30. The third-order valence-electron chi connectivity index (χ3n) is 1.22. The molecule has 0 aliphatic heterocycles. The Bertz CT molecular complexity index is 172. The predicted octanol–water partition coefficient (Wildman–Crippen LogP) is 0.331. The van der Waals surface area contributed by atoms with E-state index in [-0.39, 0.29) is 6.61 Å². The van der Waals surface area contributed by atoms with Gasteiger partial charge in [-0.3, -0.25) is 0 Å². The Hall–Kier alpha value is -1.53. The Morgan fingerprint density at radius 3 is 2.77 bits per heavy atom. The molecule has 13 heavy (non-hydrogen) atoms. The fraction of sp³-hybridized carbons (Fsp3) is 0.833. The van der Waals surface area contributed by atoms with Crippen LogP contribution in [0.3, 0.4) is 0 Å². The van der Waals surface area contributed by atoms with Crippen molar-refractivity contribution in [3.05, 3.63) is 10.1 Å². The van der Waals surface area contributed by atoms with Crippen molar-refractivity contribution in [1.29, 1.82) is 0 Å². The Morgan fingerprint density at radius 1 is 1.54 bits per heavy atom. The number of methoxy groups -OCH3 is 1. The minimum absolute atomic E-state index is 0.0514. The first-order valence-corrected chi connectivity index (χ1v) is 3.76. The molecule has 7 heteroatoms. The maximum Gasteiger partial charge on any atom is 0.406 e. The van der Waals surface area contributed by atoms with Gasteiger partial charge in [0.1, 0.15) is 0 Å². The van der Waals surface area contributed by atoms with Gasteiger partial charge >= 0.3 is 6.09 Å². The molecule has 0 saturated heterocycles. The second-order valence-electron chi connectivity index (χ2n) is 2.18. The number of unbranched alkanes of at least 4 members (excludes halogenated alkanes) is 1. The normalized spacial score (nSPS) is 9.00. The monoisotopic (exact) mass is 192 g/mol. The molecule has 0 aromatic carbocycles. The van der Waals surface area contributed by atoms with Crippen LogP contribution in [0.4, 0.5) is 4.79 Å². The van der Waals surface area contributed by atoms with Gasteiger partial charge in [-0.2, -0.15) is 0 Å². The molecular weight excluding hydrogens is 180 g/mol. The van der Waals surface area contributed by atoms with Crippen LogP contribution in [-0.4, -0.2) is 31.4 Å². The Balaban J connectivity index is 3.08. The molecule has 0 bridgehead atoms. The highest BCUT2D eigenvalue weighted by Crippen LogP contribution is 1.88. The maximum absolute atomic E-state index is 10.5. The van der Waals surface area contributed by atoms with Gasteiger partial charge in [0.15, 0.2) is 0 Å². The molecule has 0 heterocycles. The third-order valence-corrected chi connectivity index (χ3v) is 1.22. The molecule has 0 saturated carbocycles. The molecule has 0 aliphatic rings. The van der Waals surface area contributed by atoms with Crippen LogP contribution < -0.4 is 5.32 Å². The topological polar surface area (TPSA) is 90.7 Å². The smallest absolute Gasteiger partial charge is 0.406 e. The quantitative estimate of drug-likeness (QED) is 0.372. The summed E-state index contributed by atoms with van der Waals surface area (Å²) in [6.07, 6.45) is 0.628. The van der Waals surface area contributed by atoms with Gasteiger partial charge in [-0.25, -0.2) is 4.79 Å². The molecule has 0 spiro atoms. The number of carbonyl (C=O) groups excluding carboxylic acids is 1. The van der Waals surface area contributed by atoms with Gasteiger partial charge in [0, 0.05) is 6.54 Å². The van der Waals surface area contributed by atoms with Crippen molar-refractivity contribution < 1.29 is 19.5 Å². The van der Waals surface area contributed by atoms with E-state index in [1.165, 1.54) is 7.11 Å². The number of carbonyl (C=O) groups is 1. The third kappa shape index (κ3) is 8.38. The highest BCUT2D eigenvalue weighted by molar-refractivity contribution is 5.66. The molecule has 0 atom stereocenters. The molecule has 7 nitrogen and oxygen atoms in total. The Morgan fingerprint density at radius 2 is 2.23 bits per heavy atom. The van der Waals surface area contributed by atoms with Crippen molar-refractivity contribution in [2.24, 2.45) is 0 Å². The van der Waals surface area contributed by atoms with Gasteiger partial charge < -0.3 is 14.9 Å². The summed E-state index contributed by atoms with van der Waals surface area (Å²) >= 11 is 0. The number of rotatable bonds is 6. The van der Waals surface area contributed by atoms with E-state index in [1.807, 2.05) is 0 Å². The largest absolute Gasteiger partial charge is 0.453 e. The molecule has 1 N–H and O–H groups in total. The summed E-state index contributed by atoms with van der Waals surface area (Å²) in [5.41, 5.74) is 0.